The standard InChI is InChI=1S/C25H34N2O2/c1-3-4-15-26(2)25(28)23-13-16-27(17-14-23)19-22-11-8-12-24(18-22)29-20-21-9-6-5-7-10-21/h5-12,18,23H,3-4,13-17,19-20H2,1-2H3/p+1. The summed E-state index contributed by atoms with van der Waals surface area (Å²) in [7, 11) is 1.96. The molecule has 0 radical (unpaired) electrons. The first-order chi connectivity index (χ1) is 14.2. The van der Waals surface area contributed by atoms with Crippen molar-refractivity contribution in [1.82, 2.24) is 4.90 Å². The van der Waals surface area contributed by atoms with Crippen molar-refractivity contribution in [3.63, 3.8) is 0 Å². The SMILES string of the molecule is CCCCN(C)C(=O)C1CC[NH+](Cc2cccc(OCc3ccccc3)c2)CC1. The lowest BCUT2D eigenvalue weighted by Gasteiger charge is -2.31. The van der Waals surface area contributed by atoms with E-state index in [4.69, 9.17) is 4.74 Å². The molecular formula is C25H35N2O2+. The summed E-state index contributed by atoms with van der Waals surface area (Å²) < 4.78 is 5.97. The molecule has 4 nitrogen and oxygen atoms in total. The summed E-state index contributed by atoms with van der Waals surface area (Å²) in [5, 5.41) is 0. The Balaban J connectivity index is 1.46. The van der Waals surface area contributed by atoms with Gasteiger partial charge in [0.05, 0.1) is 13.1 Å². The molecule has 4 heteroatoms. The number of benzene rings is 2. The Labute approximate surface area is 175 Å². The van der Waals surface area contributed by atoms with Gasteiger partial charge in [0.2, 0.25) is 5.91 Å². The van der Waals surface area contributed by atoms with Gasteiger partial charge in [-0.15, -0.1) is 0 Å². The van der Waals surface area contributed by atoms with Gasteiger partial charge in [0.25, 0.3) is 0 Å². The van der Waals surface area contributed by atoms with Gasteiger partial charge < -0.3 is 14.5 Å². The first-order valence-corrected chi connectivity index (χ1v) is 11.0. The van der Waals surface area contributed by atoms with E-state index in [9.17, 15) is 4.79 Å². The van der Waals surface area contributed by atoms with Crippen molar-refractivity contribution in [2.45, 2.75) is 45.8 Å². The molecule has 1 heterocycles. The maximum Gasteiger partial charge on any atom is 0.225 e. The third kappa shape index (κ3) is 6.60. The van der Waals surface area contributed by atoms with Crippen LogP contribution in [-0.2, 0) is 17.9 Å². The summed E-state index contributed by atoms with van der Waals surface area (Å²) >= 11 is 0. The van der Waals surface area contributed by atoms with Gasteiger partial charge in [0.15, 0.2) is 0 Å². The topological polar surface area (TPSA) is 34.0 Å². The van der Waals surface area contributed by atoms with Gasteiger partial charge in [-0.05, 0) is 24.1 Å². The van der Waals surface area contributed by atoms with Gasteiger partial charge in [-0.1, -0.05) is 55.8 Å². The lowest BCUT2D eigenvalue weighted by molar-refractivity contribution is -0.919. The molecule has 0 bridgehead atoms. The van der Waals surface area contributed by atoms with Crippen molar-refractivity contribution in [3.05, 3.63) is 65.7 Å². The van der Waals surface area contributed by atoms with Crippen LogP contribution in [0, 0.1) is 5.92 Å². The molecule has 0 atom stereocenters. The zero-order valence-electron chi connectivity index (χ0n) is 17.9. The summed E-state index contributed by atoms with van der Waals surface area (Å²) in [6, 6.07) is 18.7. The number of nitrogens with one attached hydrogen (secondary N) is 1. The van der Waals surface area contributed by atoms with E-state index in [1.54, 1.807) is 4.90 Å². The number of hydrogen-bond donors (Lipinski definition) is 1. The Hall–Kier alpha value is -2.33. The fraction of sp³-hybridized carbons (Fsp3) is 0.480. The number of ether oxygens (including phenoxy) is 1. The van der Waals surface area contributed by atoms with Crippen LogP contribution in [0.4, 0.5) is 0 Å². The number of nitrogens with zero attached hydrogens (tertiary/aromatic N) is 1. The van der Waals surface area contributed by atoms with E-state index in [-0.39, 0.29) is 5.92 Å². The van der Waals surface area contributed by atoms with Crippen LogP contribution in [0.5, 0.6) is 5.75 Å². The van der Waals surface area contributed by atoms with E-state index in [1.165, 1.54) is 11.1 Å². The fourth-order valence-corrected chi connectivity index (χ4v) is 4.04. The molecular weight excluding hydrogens is 360 g/mol. The van der Waals surface area contributed by atoms with Crippen molar-refractivity contribution in [2.24, 2.45) is 5.92 Å². The van der Waals surface area contributed by atoms with Crippen molar-refractivity contribution >= 4 is 5.91 Å². The van der Waals surface area contributed by atoms with Crippen LogP contribution >= 0.6 is 0 Å². The first kappa shape index (κ1) is 21.4. The van der Waals surface area contributed by atoms with Crippen molar-refractivity contribution < 1.29 is 14.4 Å². The van der Waals surface area contributed by atoms with Crippen LogP contribution in [0.3, 0.4) is 0 Å². The van der Waals surface area contributed by atoms with Gasteiger partial charge in [0.1, 0.15) is 18.9 Å². The Morgan fingerprint density at radius 3 is 2.52 bits per heavy atom. The van der Waals surface area contributed by atoms with Gasteiger partial charge >= 0.3 is 0 Å². The molecule has 0 unspecified atom stereocenters. The molecule has 0 spiro atoms. The third-order valence-electron chi connectivity index (χ3n) is 5.87. The summed E-state index contributed by atoms with van der Waals surface area (Å²) in [4.78, 5) is 16.1. The van der Waals surface area contributed by atoms with E-state index in [1.807, 2.05) is 36.2 Å². The average molecular weight is 396 g/mol. The minimum absolute atomic E-state index is 0.209. The van der Waals surface area contributed by atoms with Crippen LogP contribution in [-0.4, -0.2) is 37.5 Å². The molecule has 29 heavy (non-hydrogen) atoms. The van der Waals surface area contributed by atoms with E-state index >= 15 is 0 Å². The molecule has 156 valence electrons. The van der Waals surface area contributed by atoms with Gasteiger partial charge in [-0.25, -0.2) is 0 Å². The molecule has 2 aromatic rings. The molecule has 1 fully saturated rings. The van der Waals surface area contributed by atoms with E-state index in [0.29, 0.717) is 12.5 Å². The molecule has 3 rings (SSSR count). The summed E-state index contributed by atoms with van der Waals surface area (Å²) in [5.41, 5.74) is 2.48. The second-order valence-electron chi connectivity index (χ2n) is 8.24. The zero-order chi connectivity index (χ0) is 20.5. The highest BCUT2D eigenvalue weighted by atomic mass is 16.5. The van der Waals surface area contributed by atoms with Crippen molar-refractivity contribution in [1.29, 1.82) is 0 Å². The van der Waals surface area contributed by atoms with Crippen LogP contribution in [0.25, 0.3) is 0 Å². The largest absolute Gasteiger partial charge is 0.489 e. The Bertz CT molecular complexity index is 754. The maximum absolute atomic E-state index is 12.6. The molecule has 1 amide bonds. The minimum atomic E-state index is 0.209. The number of quaternary nitrogens is 1. The number of hydrogen-bond acceptors (Lipinski definition) is 2. The fourth-order valence-electron chi connectivity index (χ4n) is 4.04. The summed E-state index contributed by atoms with van der Waals surface area (Å²) in [6.07, 6.45) is 4.22. The molecule has 1 aliphatic heterocycles. The van der Waals surface area contributed by atoms with Gasteiger partial charge in [-0.3, -0.25) is 4.79 Å². The number of amides is 1. The second kappa shape index (κ2) is 11.0. The molecule has 1 aliphatic rings. The molecule has 0 aliphatic carbocycles. The highest BCUT2D eigenvalue weighted by Crippen LogP contribution is 2.16. The van der Waals surface area contributed by atoms with Crippen LogP contribution in [0.15, 0.2) is 54.6 Å². The number of likely N-dealkylation sites (tertiary alicyclic amines) is 1. The van der Waals surface area contributed by atoms with Gasteiger partial charge in [-0.2, -0.15) is 0 Å². The van der Waals surface area contributed by atoms with Crippen LogP contribution in [0.2, 0.25) is 0 Å². The molecule has 1 N–H and O–H groups in total. The third-order valence-corrected chi connectivity index (χ3v) is 5.87. The lowest BCUT2D eigenvalue weighted by atomic mass is 9.95. The first-order valence-electron chi connectivity index (χ1n) is 11.0. The number of unbranched alkanes of at least 4 members (excludes halogenated alkanes) is 1. The van der Waals surface area contributed by atoms with E-state index in [2.05, 4.69) is 37.3 Å². The number of rotatable bonds is 9. The highest BCUT2D eigenvalue weighted by molar-refractivity contribution is 5.78. The molecule has 1 saturated heterocycles. The Morgan fingerprint density at radius 2 is 1.79 bits per heavy atom. The van der Waals surface area contributed by atoms with Gasteiger partial charge in [0, 0.05) is 37.9 Å². The predicted octanol–water partition coefficient (Wildman–Crippen LogP) is 3.32. The Kier molecular flexibility index (Phi) is 8.12. The molecule has 0 aromatic heterocycles. The predicted molar refractivity (Wildman–Crippen MR) is 117 cm³/mol. The van der Waals surface area contributed by atoms with E-state index in [0.717, 1.165) is 57.6 Å². The maximum atomic E-state index is 12.6. The number of carbonyl (C=O) groups is 1. The number of piperidine rings is 1. The summed E-state index contributed by atoms with van der Waals surface area (Å²) in [6.45, 7) is 6.77. The molecule has 2 aromatic carbocycles. The monoisotopic (exact) mass is 395 g/mol. The van der Waals surface area contributed by atoms with Crippen LogP contribution < -0.4 is 9.64 Å². The Morgan fingerprint density at radius 1 is 1.07 bits per heavy atom. The minimum Gasteiger partial charge on any atom is -0.489 e. The molecule has 0 saturated carbocycles. The van der Waals surface area contributed by atoms with Crippen LogP contribution in [0.1, 0.15) is 43.7 Å². The second-order valence-corrected chi connectivity index (χ2v) is 8.24. The smallest absolute Gasteiger partial charge is 0.225 e. The lowest BCUT2D eigenvalue weighted by Crippen LogP contribution is -3.11. The van der Waals surface area contributed by atoms with E-state index < -0.39 is 0 Å². The zero-order valence-corrected chi connectivity index (χ0v) is 17.9. The number of carbonyl (C=O) groups excluding carboxylic acids is 1. The summed E-state index contributed by atoms with van der Waals surface area (Å²) in [5.74, 6) is 1.48. The normalized spacial score (nSPS) is 19.0. The average Bonchev–Trinajstić information content (AvgIpc) is 2.77. The quantitative estimate of drug-likeness (QED) is 0.707. The van der Waals surface area contributed by atoms with Crippen molar-refractivity contribution in [3.8, 4) is 5.75 Å². The van der Waals surface area contributed by atoms with Crippen molar-refractivity contribution in [2.75, 3.05) is 26.7 Å². The highest BCUT2D eigenvalue weighted by Gasteiger charge is 2.29.